The Morgan fingerprint density at radius 1 is 1.46 bits per heavy atom. The summed E-state index contributed by atoms with van der Waals surface area (Å²) in [4.78, 5) is 15.1. The summed E-state index contributed by atoms with van der Waals surface area (Å²) in [6.45, 7) is 0.504. The van der Waals surface area contributed by atoms with Gasteiger partial charge in [-0.3, -0.25) is 9.78 Å². The highest BCUT2D eigenvalue weighted by Gasteiger charge is 2.02. The molecule has 1 rings (SSSR count). The van der Waals surface area contributed by atoms with Crippen LogP contribution in [0.2, 0.25) is 0 Å². The molecule has 0 fully saturated rings. The number of aromatic nitrogens is 1. The molecule has 0 aromatic carbocycles. The lowest BCUT2D eigenvalue weighted by Gasteiger charge is -1.99. The number of Topliss-reactive ketones (excluding diaryl/α,β-unsaturated/α-hetero) is 1. The Labute approximate surface area is 77.8 Å². The van der Waals surface area contributed by atoms with Crippen molar-refractivity contribution in [1.29, 1.82) is 0 Å². The van der Waals surface area contributed by atoms with E-state index in [9.17, 15) is 4.79 Å². The predicted octanol–water partition coefficient (Wildman–Crippen LogP) is 1.23. The second-order valence-electron chi connectivity index (χ2n) is 2.81. The van der Waals surface area contributed by atoms with Crippen molar-refractivity contribution in [2.45, 2.75) is 12.8 Å². The molecule has 0 saturated carbocycles. The topological polar surface area (TPSA) is 39.2 Å². The van der Waals surface area contributed by atoms with Crippen molar-refractivity contribution in [2.75, 3.05) is 13.7 Å². The van der Waals surface area contributed by atoms with Crippen LogP contribution < -0.4 is 0 Å². The fraction of sp³-hybridized carbons (Fsp3) is 0.400. The molecule has 0 aliphatic carbocycles. The summed E-state index contributed by atoms with van der Waals surface area (Å²) >= 11 is 0. The summed E-state index contributed by atoms with van der Waals surface area (Å²) in [5.74, 6) is 0.202. The van der Waals surface area contributed by atoms with Gasteiger partial charge in [0.1, 0.15) is 5.78 Å². The Morgan fingerprint density at radius 3 is 2.77 bits per heavy atom. The average molecular weight is 179 g/mol. The molecular formula is C10H13NO2. The normalized spacial score (nSPS) is 9.92. The van der Waals surface area contributed by atoms with Gasteiger partial charge in [-0.15, -0.1) is 0 Å². The van der Waals surface area contributed by atoms with Gasteiger partial charge in [0.25, 0.3) is 0 Å². The maximum Gasteiger partial charge on any atom is 0.139 e. The number of carbonyl (C=O) groups is 1. The van der Waals surface area contributed by atoms with Crippen LogP contribution >= 0.6 is 0 Å². The van der Waals surface area contributed by atoms with E-state index in [0.717, 1.165) is 5.56 Å². The molecule has 3 nitrogen and oxygen atoms in total. The summed E-state index contributed by atoms with van der Waals surface area (Å²) in [5.41, 5.74) is 1.01. The number of carbonyl (C=O) groups excluding carboxylic acids is 1. The van der Waals surface area contributed by atoms with Crippen molar-refractivity contribution in [2.24, 2.45) is 0 Å². The van der Waals surface area contributed by atoms with Crippen molar-refractivity contribution >= 4 is 5.78 Å². The molecule has 0 bridgehead atoms. The molecule has 0 radical (unpaired) electrons. The molecule has 0 aliphatic heterocycles. The number of ether oxygens (including phenoxy) is 1. The van der Waals surface area contributed by atoms with Crippen LogP contribution in [-0.4, -0.2) is 24.5 Å². The summed E-state index contributed by atoms with van der Waals surface area (Å²) < 4.78 is 4.82. The molecule has 1 aromatic rings. The quantitative estimate of drug-likeness (QED) is 0.682. The van der Waals surface area contributed by atoms with E-state index in [1.807, 2.05) is 12.1 Å². The molecule has 1 aromatic heterocycles. The van der Waals surface area contributed by atoms with E-state index >= 15 is 0 Å². The Bertz CT molecular complexity index is 259. The van der Waals surface area contributed by atoms with Gasteiger partial charge >= 0.3 is 0 Å². The van der Waals surface area contributed by atoms with Crippen molar-refractivity contribution in [3.8, 4) is 0 Å². The Balaban J connectivity index is 2.37. The smallest absolute Gasteiger partial charge is 0.139 e. The van der Waals surface area contributed by atoms with E-state index in [4.69, 9.17) is 4.74 Å². The highest BCUT2D eigenvalue weighted by atomic mass is 16.5. The molecule has 0 amide bonds. The van der Waals surface area contributed by atoms with Gasteiger partial charge in [-0.2, -0.15) is 0 Å². The van der Waals surface area contributed by atoms with Gasteiger partial charge < -0.3 is 4.74 Å². The highest BCUT2D eigenvalue weighted by Crippen LogP contribution is 2.00. The summed E-state index contributed by atoms with van der Waals surface area (Å²) in [5, 5.41) is 0. The van der Waals surface area contributed by atoms with Crippen LogP contribution in [0.5, 0.6) is 0 Å². The molecule has 0 aliphatic rings. The maximum absolute atomic E-state index is 11.3. The zero-order valence-corrected chi connectivity index (χ0v) is 7.69. The minimum absolute atomic E-state index is 0.202. The van der Waals surface area contributed by atoms with E-state index < -0.39 is 0 Å². The third kappa shape index (κ3) is 3.80. The van der Waals surface area contributed by atoms with E-state index in [-0.39, 0.29) is 5.78 Å². The maximum atomic E-state index is 11.3. The second-order valence-corrected chi connectivity index (χ2v) is 2.81. The molecule has 1 heterocycles. The zero-order chi connectivity index (χ0) is 9.52. The van der Waals surface area contributed by atoms with Crippen LogP contribution in [0.3, 0.4) is 0 Å². The lowest BCUT2D eigenvalue weighted by molar-refractivity contribution is -0.119. The molecule has 0 saturated heterocycles. The van der Waals surface area contributed by atoms with Gasteiger partial charge in [0.2, 0.25) is 0 Å². The molecule has 0 N–H and O–H groups in total. The molecule has 70 valence electrons. The standard InChI is InChI=1S/C10H13NO2/c1-13-7-4-10(12)8-9-2-5-11-6-3-9/h2-3,5-6H,4,7-8H2,1H3. The van der Waals surface area contributed by atoms with Crippen LogP contribution in [0, 0.1) is 0 Å². The lowest BCUT2D eigenvalue weighted by Crippen LogP contribution is -2.05. The average Bonchev–Trinajstić information content (AvgIpc) is 2.16. The first-order valence-electron chi connectivity index (χ1n) is 4.22. The summed E-state index contributed by atoms with van der Waals surface area (Å²) in [6, 6.07) is 3.70. The van der Waals surface area contributed by atoms with Crippen LogP contribution in [0.15, 0.2) is 24.5 Å². The van der Waals surface area contributed by atoms with Crippen molar-refractivity contribution in [3.05, 3.63) is 30.1 Å². The van der Waals surface area contributed by atoms with Gasteiger partial charge in [0.05, 0.1) is 6.61 Å². The molecule has 13 heavy (non-hydrogen) atoms. The Morgan fingerprint density at radius 2 is 2.15 bits per heavy atom. The molecule has 3 heteroatoms. The minimum Gasteiger partial charge on any atom is -0.384 e. The van der Waals surface area contributed by atoms with Crippen LogP contribution in [0.25, 0.3) is 0 Å². The van der Waals surface area contributed by atoms with E-state index in [0.29, 0.717) is 19.4 Å². The zero-order valence-electron chi connectivity index (χ0n) is 7.69. The monoisotopic (exact) mass is 179 g/mol. The number of rotatable bonds is 5. The Hall–Kier alpha value is -1.22. The van der Waals surface area contributed by atoms with E-state index in [1.54, 1.807) is 19.5 Å². The SMILES string of the molecule is COCCC(=O)Cc1ccncc1. The largest absolute Gasteiger partial charge is 0.384 e. The number of methoxy groups -OCH3 is 1. The van der Waals surface area contributed by atoms with Gasteiger partial charge in [0, 0.05) is 32.3 Å². The van der Waals surface area contributed by atoms with Crippen LogP contribution in [0.1, 0.15) is 12.0 Å². The van der Waals surface area contributed by atoms with Gasteiger partial charge in [0.15, 0.2) is 0 Å². The first-order valence-corrected chi connectivity index (χ1v) is 4.22. The number of hydrogen-bond donors (Lipinski definition) is 0. The minimum atomic E-state index is 0.202. The number of nitrogens with zero attached hydrogens (tertiary/aromatic N) is 1. The fourth-order valence-electron chi connectivity index (χ4n) is 1.03. The first kappa shape index (κ1) is 9.86. The van der Waals surface area contributed by atoms with Crippen LogP contribution in [-0.2, 0) is 16.0 Å². The van der Waals surface area contributed by atoms with Gasteiger partial charge in [-0.05, 0) is 17.7 Å². The van der Waals surface area contributed by atoms with Gasteiger partial charge in [-0.25, -0.2) is 0 Å². The van der Waals surface area contributed by atoms with Crippen LogP contribution in [0.4, 0.5) is 0 Å². The number of pyridine rings is 1. The summed E-state index contributed by atoms with van der Waals surface area (Å²) in [6.07, 6.45) is 4.35. The van der Waals surface area contributed by atoms with E-state index in [1.165, 1.54) is 0 Å². The van der Waals surface area contributed by atoms with E-state index in [2.05, 4.69) is 4.98 Å². The highest BCUT2D eigenvalue weighted by molar-refractivity contribution is 5.80. The number of ketones is 1. The second kappa shape index (κ2) is 5.43. The fourth-order valence-corrected chi connectivity index (χ4v) is 1.03. The molecule has 0 atom stereocenters. The summed E-state index contributed by atoms with van der Waals surface area (Å²) in [7, 11) is 1.60. The third-order valence-electron chi connectivity index (χ3n) is 1.74. The van der Waals surface area contributed by atoms with Gasteiger partial charge in [-0.1, -0.05) is 0 Å². The lowest BCUT2D eigenvalue weighted by atomic mass is 10.1. The molecule has 0 spiro atoms. The molecule has 0 unspecified atom stereocenters. The predicted molar refractivity (Wildman–Crippen MR) is 49.4 cm³/mol. The van der Waals surface area contributed by atoms with Crippen molar-refractivity contribution < 1.29 is 9.53 Å². The molecular weight excluding hydrogens is 166 g/mol. The first-order chi connectivity index (χ1) is 6.33. The van der Waals surface area contributed by atoms with Crippen molar-refractivity contribution in [1.82, 2.24) is 4.98 Å². The number of hydrogen-bond acceptors (Lipinski definition) is 3. The van der Waals surface area contributed by atoms with Crippen molar-refractivity contribution in [3.63, 3.8) is 0 Å². The third-order valence-corrected chi connectivity index (χ3v) is 1.74. The Kier molecular flexibility index (Phi) is 4.12.